The molecule has 0 aliphatic carbocycles. The molecule has 0 spiro atoms. The zero-order valence-corrected chi connectivity index (χ0v) is 6.76. The van der Waals surface area contributed by atoms with Crippen molar-refractivity contribution >= 4 is 0 Å². The van der Waals surface area contributed by atoms with Gasteiger partial charge in [0.2, 0.25) is 6.17 Å². The summed E-state index contributed by atoms with van der Waals surface area (Å²) < 4.78 is 95.6. The summed E-state index contributed by atoms with van der Waals surface area (Å²) in [5, 5.41) is 0. The second kappa shape index (κ2) is 3.90. The molecule has 0 nitrogen and oxygen atoms in total. The molecule has 86 valence electrons. The molecule has 2 unspecified atom stereocenters. The zero-order chi connectivity index (χ0) is 11.7. The highest BCUT2D eigenvalue weighted by Crippen LogP contribution is 2.43. The zero-order valence-electron chi connectivity index (χ0n) is 6.76. The molecule has 0 aliphatic heterocycles. The van der Waals surface area contributed by atoms with Crippen LogP contribution in [-0.4, -0.2) is 30.6 Å². The van der Waals surface area contributed by atoms with Crippen molar-refractivity contribution in [1.82, 2.24) is 0 Å². The predicted molar refractivity (Wildman–Crippen MR) is 31.4 cm³/mol. The quantitative estimate of drug-likeness (QED) is 0.650. The van der Waals surface area contributed by atoms with Gasteiger partial charge in [-0.2, -0.15) is 17.6 Å². The van der Waals surface area contributed by atoms with E-state index < -0.39 is 30.6 Å². The van der Waals surface area contributed by atoms with Crippen molar-refractivity contribution < 1.29 is 35.1 Å². The molecular weight excluding hydrogens is 224 g/mol. The second-order valence-corrected chi connectivity index (χ2v) is 2.63. The minimum atomic E-state index is -5.88. The average molecular weight is 230 g/mol. The highest BCUT2D eigenvalue weighted by atomic mass is 19.3. The van der Waals surface area contributed by atoms with Crippen LogP contribution in [0, 0.1) is 0 Å². The Morgan fingerprint density at radius 3 is 1.36 bits per heavy atom. The Morgan fingerprint density at radius 2 is 1.14 bits per heavy atom. The maximum atomic E-state index is 12.3. The predicted octanol–water partition coefficient (Wildman–Crippen LogP) is 3.22. The highest BCUT2D eigenvalue weighted by molar-refractivity contribution is 4.94. The van der Waals surface area contributed by atoms with Crippen molar-refractivity contribution in [2.24, 2.45) is 0 Å². The van der Waals surface area contributed by atoms with Crippen molar-refractivity contribution in [2.75, 3.05) is 0 Å². The third-order valence-electron chi connectivity index (χ3n) is 1.47. The summed E-state index contributed by atoms with van der Waals surface area (Å²) in [6.07, 6.45) is -11.7. The lowest BCUT2D eigenvalue weighted by Gasteiger charge is -2.28. The molecule has 2 atom stereocenters. The van der Waals surface area contributed by atoms with Gasteiger partial charge in [0, 0.05) is 0 Å². The van der Waals surface area contributed by atoms with Gasteiger partial charge < -0.3 is 0 Å². The molecule has 0 rings (SSSR count). The Labute approximate surface area is 73.9 Å². The highest BCUT2D eigenvalue weighted by Gasteiger charge is 2.68. The van der Waals surface area contributed by atoms with E-state index in [1.54, 1.807) is 0 Å². The summed E-state index contributed by atoms with van der Waals surface area (Å²) in [6, 6.07) is 0. The van der Waals surface area contributed by atoms with Crippen molar-refractivity contribution in [3.8, 4) is 0 Å². The summed E-state index contributed by atoms with van der Waals surface area (Å²) in [5.41, 5.74) is 0. The van der Waals surface area contributed by atoms with Gasteiger partial charge in [0.25, 0.3) is 0 Å². The molecule has 0 fully saturated rings. The van der Waals surface area contributed by atoms with Crippen LogP contribution in [0.25, 0.3) is 0 Å². The molecule has 0 saturated heterocycles. The maximum absolute atomic E-state index is 12.3. The van der Waals surface area contributed by atoms with Crippen LogP contribution in [0.2, 0.25) is 0 Å². The lowest BCUT2D eigenvalue weighted by Crippen LogP contribution is -2.54. The molecule has 0 N–H and O–H groups in total. The van der Waals surface area contributed by atoms with Crippen LogP contribution in [0.4, 0.5) is 35.1 Å². The van der Waals surface area contributed by atoms with Crippen LogP contribution in [0.1, 0.15) is 6.92 Å². The van der Waals surface area contributed by atoms with Gasteiger partial charge in [0.15, 0.2) is 0 Å². The van der Waals surface area contributed by atoms with Gasteiger partial charge in [-0.3, -0.25) is 0 Å². The van der Waals surface area contributed by atoms with Crippen LogP contribution in [0.15, 0.2) is 0 Å². The number of hydrogen-bond acceptors (Lipinski definition) is 0. The van der Waals surface area contributed by atoms with Crippen molar-refractivity contribution in [2.45, 2.75) is 37.5 Å². The fourth-order valence-corrected chi connectivity index (χ4v) is 0.618. The molecule has 8 heteroatoms. The van der Waals surface area contributed by atoms with E-state index in [0.29, 0.717) is 0 Å². The Hall–Kier alpha value is -0.560. The minimum Gasteiger partial charge on any atom is -0.244 e. The van der Waals surface area contributed by atoms with E-state index in [1.807, 2.05) is 0 Å². The van der Waals surface area contributed by atoms with Gasteiger partial charge in [0.05, 0.1) is 0 Å². The van der Waals surface area contributed by atoms with Crippen LogP contribution in [0.5, 0.6) is 0 Å². The Kier molecular flexibility index (Phi) is 3.74. The molecule has 0 saturated carbocycles. The first-order valence-corrected chi connectivity index (χ1v) is 3.37. The van der Waals surface area contributed by atoms with Gasteiger partial charge in [-0.25, -0.2) is 17.6 Å². The first kappa shape index (κ1) is 13.4. The van der Waals surface area contributed by atoms with Crippen LogP contribution < -0.4 is 0 Å². The molecule has 0 aliphatic rings. The van der Waals surface area contributed by atoms with Gasteiger partial charge >= 0.3 is 18.3 Å². The van der Waals surface area contributed by atoms with E-state index in [-0.39, 0.29) is 6.92 Å². The van der Waals surface area contributed by atoms with E-state index >= 15 is 0 Å². The molecule has 0 heterocycles. The molecular formula is C6H6F8. The normalized spacial score (nSPS) is 18.4. The summed E-state index contributed by atoms with van der Waals surface area (Å²) >= 11 is 0. The first-order valence-electron chi connectivity index (χ1n) is 3.37. The second-order valence-electron chi connectivity index (χ2n) is 2.63. The van der Waals surface area contributed by atoms with E-state index in [2.05, 4.69) is 0 Å². The van der Waals surface area contributed by atoms with Gasteiger partial charge in [-0.15, -0.1) is 0 Å². The largest absolute Gasteiger partial charge is 0.372 e. The lowest BCUT2D eigenvalue weighted by molar-refractivity contribution is -0.290. The van der Waals surface area contributed by atoms with E-state index in [1.165, 1.54) is 0 Å². The maximum Gasteiger partial charge on any atom is 0.372 e. The fourth-order valence-electron chi connectivity index (χ4n) is 0.618. The third-order valence-corrected chi connectivity index (χ3v) is 1.47. The molecule has 0 aromatic heterocycles. The van der Waals surface area contributed by atoms with E-state index in [0.717, 1.165) is 0 Å². The standard InChI is InChI=1S/C6H6F8/c1-2(7)3(8)5(11,12)6(13,14)4(9)10/h2-4H,1H3. The molecule has 14 heavy (non-hydrogen) atoms. The molecule has 0 aromatic rings. The third kappa shape index (κ3) is 2.09. The minimum absolute atomic E-state index is 0.236. The summed E-state index contributed by atoms with van der Waals surface area (Å²) in [7, 11) is 0. The van der Waals surface area contributed by atoms with Gasteiger partial charge in [0.1, 0.15) is 6.17 Å². The summed E-state index contributed by atoms with van der Waals surface area (Å²) in [4.78, 5) is 0. The van der Waals surface area contributed by atoms with Crippen molar-refractivity contribution in [3.05, 3.63) is 0 Å². The topological polar surface area (TPSA) is 0 Å². The molecule has 0 bridgehead atoms. The van der Waals surface area contributed by atoms with Crippen LogP contribution >= 0.6 is 0 Å². The van der Waals surface area contributed by atoms with Crippen LogP contribution in [0.3, 0.4) is 0 Å². The lowest BCUT2D eigenvalue weighted by atomic mass is 10.0. The van der Waals surface area contributed by atoms with E-state index in [4.69, 9.17) is 0 Å². The molecule has 0 aromatic carbocycles. The van der Waals surface area contributed by atoms with Crippen LogP contribution in [-0.2, 0) is 0 Å². The molecule has 0 amide bonds. The summed E-state index contributed by atoms with van der Waals surface area (Å²) in [5.74, 6) is -11.6. The Bertz CT molecular complexity index is 186. The monoisotopic (exact) mass is 230 g/mol. The summed E-state index contributed by atoms with van der Waals surface area (Å²) in [6.45, 7) is 0.236. The number of halogens is 8. The van der Waals surface area contributed by atoms with Crippen molar-refractivity contribution in [3.63, 3.8) is 0 Å². The smallest absolute Gasteiger partial charge is 0.244 e. The van der Waals surface area contributed by atoms with Crippen molar-refractivity contribution in [1.29, 1.82) is 0 Å². The number of rotatable bonds is 4. The number of alkyl halides is 8. The van der Waals surface area contributed by atoms with Gasteiger partial charge in [-0.1, -0.05) is 0 Å². The fraction of sp³-hybridized carbons (Fsp3) is 1.00. The Balaban J connectivity index is 4.93. The molecule has 0 radical (unpaired) electrons. The van der Waals surface area contributed by atoms with E-state index in [9.17, 15) is 35.1 Å². The first-order chi connectivity index (χ1) is 6.05. The van der Waals surface area contributed by atoms with Gasteiger partial charge in [-0.05, 0) is 6.92 Å². The SMILES string of the molecule is CC(F)C(F)C(F)(F)C(F)(F)C(F)F. The average Bonchev–Trinajstić information content (AvgIpc) is 2.01. The Morgan fingerprint density at radius 1 is 0.786 bits per heavy atom. The number of hydrogen-bond donors (Lipinski definition) is 0.